The molecule has 0 unspecified atom stereocenters. The summed E-state index contributed by atoms with van der Waals surface area (Å²) in [5.41, 5.74) is 4.22. The lowest BCUT2D eigenvalue weighted by Crippen LogP contribution is -2.29. The largest absolute Gasteiger partial charge is 0.393 e. The number of aromatic nitrogens is 5. The molecule has 0 radical (unpaired) electrons. The molecule has 9 heteroatoms. The highest BCUT2D eigenvalue weighted by atomic mass is 16.3. The SMILES string of the molecule is O=C(c1cnc2ccc(-c3ccn4nc(NC5CCC(O)CC5)ncc34)cn12)N1CCCC1. The van der Waals surface area contributed by atoms with Crippen LogP contribution in [0.2, 0.25) is 0 Å². The molecule has 1 aliphatic carbocycles. The first-order chi connectivity index (χ1) is 16.2. The molecule has 0 spiro atoms. The molecule has 2 aliphatic rings. The van der Waals surface area contributed by atoms with Crippen LogP contribution in [0.3, 0.4) is 0 Å². The summed E-state index contributed by atoms with van der Waals surface area (Å²) in [7, 11) is 0. The predicted molar refractivity (Wildman–Crippen MR) is 124 cm³/mol. The Morgan fingerprint density at radius 1 is 1.03 bits per heavy atom. The number of nitrogens with one attached hydrogen (secondary N) is 1. The Kier molecular flexibility index (Phi) is 4.98. The number of nitrogens with zero attached hydrogens (tertiary/aromatic N) is 6. The zero-order valence-electron chi connectivity index (χ0n) is 18.4. The van der Waals surface area contributed by atoms with Gasteiger partial charge >= 0.3 is 0 Å². The third-order valence-corrected chi connectivity index (χ3v) is 6.88. The monoisotopic (exact) mass is 445 g/mol. The summed E-state index contributed by atoms with van der Waals surface area (Å²) in [6, 6.07) is 6.26. The number of anilines is 1. The highest BCUT2D eigenvalue weighted by Crippen LogP contribution is 2.27. The summed E-state index contributed by atoms with van der Waals surface area (Å²) in [6.45, 7) is 1.62. The van der Waals surface area contributed by atoms with Gasteiger partial charge < -0.3 is 15.3 Å². The lowest BCUT2D eigenvalue weighted by Gasteiger charge is -2.26. The number of aliphatic hydroxyl groups excluding tert-OH is 1. The fraction of sp³-hybridized carbons (Fsp3) is 0.417. The molecule has 33 heavy (non-hydrogen) atoms. The molecule has 1 saturated heterocycles. The highest BCUT2D eigenvalue weighted by Gasteiger charge is 2.23. The molecule has 1 aliphatic heterocycles. The molecule has 5 heterocycles. The average Bonchev–Trinajstić information content (AvgIpc) is 3.59. The summed E-state index contributed by atoms with van der Waals surface area (Å²) in [5.74, 6) is 0.628. The van der Waals surface area contributed by atoms with E-state index in [1.165, 1.54) is 0 Å². The fourth-order valence-corrected chi connectivity index (χ4v) is 4.99. The van der Waals surface area contributed by atoms with E-state index in [-0.39, 0.29) is 18.1 Å². The van der Waals surface area contributed by atoms with Crippen LogP contribution in [0.25, 0.3) is 22.3 Å². The van der Waals surface area contributed by atoms with Gasteiger partial charge in [-0.1, -0.05) is 0 Å². The lowest BCUT2D eigenvalue weighted by atomic mass is 9.93. The number of pyridine rings is 1. The second kappa shape index (κ2) is 8.15. The molecule has 9 nitrogen and oxygen atoms in total. The molecule has 1 amide bonds. The summed E-state index contributed by atoms with van der Waals surface area (Å²) >= 11 is 0. The van der Waals surface area contributed by atoms with Gasteiger partial charge in [-0.05, 0) is 56.7 Å². The molecule has 4 aromatic heterocycles. The number of fused-ring (bicyclic) bond motifs is 2. The maximum absolute atomic E-state index is 13.0. The quantitative estimate of drug-likeness (QED) is 0.501. The van der Waals surface area contributed by atoms with Crippen LogP contribution in [0.15, 0.2) is 43.0 Å². The third kappa shape index (κ3) is 3.72. The minimum absolute atomic E-state index is 0.0353. The van der Waals surface area contributed by atoms with Crippen LogP contribution in [0.4, 0.5) is 5.95 Å². The third-order valence-electron chi connectivity index (χ3n) is 6.88. The van der Waals surface area contributed by atoms with Gasteiger partial charge in [0.2, 0.25) is 5.95 Å². The molecule has 170 valence electrons. The number of amides is 1. The second-order valence-corrected chi connectivity index (χ2v) is 9.08. The molecule has 0 atom stereocenters. The second-order valence-electron chi connectivity index (χ2n) is 9.08. The van der Waals surface area contributed by atoms with Crippen LogP contribution in [-0.4, -0.2) is 65.1 Å². The Labute approximate surface area is 191 Å². The van der Waals surface area contributed by atoms with Crippen LogP contribution in [0.1, 0.15) is 49.0 Å². The Morgan fingerprint density at radius 3 is 2.67 bits per heavy atom. The van der Waals surface area contributed by atoms with E-state index in [1.54, 1.807) is 6.20 Å². The first kappa shape index (κ1) is 20.2. The van der Waals surface area contributed by atoms with Crippen molar-refractivity contribution in [2.24, 2.45) is 0 Å². The number of aliphatic hydroxyl groups is 1. The van der Waals surface area contributed by atoms with Crippen molar-refractivity contribution in [2.45, 2.75) is 50.7 Å². The Bertz CT molecular complexity index is 1310. The number of imidazole rings is 1. The van der Waals surface area contributed by atoms with Crippen molar-refractivity contribution >= 4 is 23.0 Å². The van der Waals surface area contributed by atoms with E-state index in [9.17, 15) is 9.90 Å². The molecular weight excluding hydrogens is 418 g/mol. The number of hydrogen-bond acceptors (Lipinski definition) is 6. The Hall–Kier alpha value is -3.46. The number of carbonyl (C=O) groups excluding carboxylic acids is 1. The van der Waals surface area contributed by atoms with Crippen molar-refractivity contribution < 1.29 is 9.90 Å². The van der Waals surface area contributed by atoms with Gasteiger partial charge in [0.1, 0.15) is 11.3 Å². The summed E-state index contributed by atoms with van der Waals surface area (Å²) < 4.78 is 3.71. The van der Waals surface area contributed by atoms with Crippen molar-refractivity contribution in [3.8, 4) is 11.1 Å². The zero-order valence-corrected chi connectivity index (χ0v) is 18.4. The summed E-state index contributed by atoms with van der Waals surface area (Å²) in [6.07, 6.45) is 12.8. The van der Waals surface area contributed by atoms with Gasteiger partial charge in [-0.15, -0.1) is 5.10 Å². The summed E-state index contributed by atoms with van der Waals surface area (Å²) in [5, 5.41) is 17.7. The molecule has 0 aromatic carbocycles. The van der Waals surface area contributed by atoms with E-state index in [2.05, 4.69) is 20.4 Å². The maximum Gasteiger partial charge on any atom is 0.272 e. The molecule has 4 aromatic rings. The van der Waals surface area contributed by atoms with E-state index < -0.39 is 0 Å². The average molecular weight is 446 g/mol. The van der Waals surface area contributed by atoms with E-state index in [0.717, 1.165) is 73.9 Å². The van der Waals surface area contributed by atoms with E-state index in [0.29, 0.717) is 11.6 Å². The van der Waals surface area contributed by atoms with Crippen molar-refractivity contribution in [1.29, 1.82) is 0 Å². The standard InChI is InChI=1S/C24H27N7O2/c32-18-6-4-17(5-7-18)27-24-26-13-20-19(9-12-31(20)28-24)16-3-8-22-25-14-21(30(22)15-16)23(33)29-10-1-2-11-29/h3,8-9,12-15,17-18,32H,1-2,4-7,10-11H2,(H,27,28). The normalized spacial score (nSPS) is 21.2. The number of likely N-dealkylation sites (tertiary alicyclic amines) is 1. The van der Waals surface area contributed by atoms with Crippen molar-refractivity contribution in [3.05, 3.63) is 48.7 Å². The lowest BCUT2D eigenvalue weighted by molar-refractivity contribution is 0.0786. The van der Waals surface area contributed by atoms with Gasteiger partial charge in [-0.25, -0.2) is 14.5 Å². The molecule has 6 rings (SSSR count). The van der Waals surface area contributed by atoms with Crippen LogP contribution in [0.5, 0.6) is 0 Å². The Balaban J connectivity index is 1.29. The summed E-state index contributed by atoms with van der Waals surface area (Å²) in [4.78, 5) is 23.8. The van der Waals surface area contributed by atoms with Crippen LogP contribution < -0.4 is 5.32 Å². The molecule has 1 saturated carbocycles. The van der Waals surface area contributed by atoms with E-state index in [4.69, 9.17) is 0 Å². The van der Waals surface area contributed by atoms with Crippen molar-refractivity contribution in [3.63, 3.8) is 0 Å². The first-order valence-electron chi connectivity index (χ1n) is 11.7. The van der Waals surface area contributed by atoms with Crippen molar-refractivity contribution in [2.75, 3.05) is 18.4 Å². The van der Waals surface area contributed by atoms with Gasteiger partial charge in [0.15, 0.2) is 0 Å². The van der Waals surface area contributed by atoms with Gasteiger partial charge in [0, 0.05) is 42.7 Å². The van der Waals surface area contributed by atoms with Gasteiger partial charge in [-0.3, -0.25) is 9.20 Å². The van der Waals surface area contributed by atoms with Crippen LogP contribution in [0, 0.1) is 0 Å². The minimum Gasteiger partial charge on any atom is -0.393 e. The predicted octanol–water partition coefficient (Wildman–Crippen LogP) is 3.00. The molecule has 2 fully saturated rings. The molecule has 0 bridgehead atoms. The highest BCUT2D eigenvalue weighted by molar-refractivity contribution is 5.93. The number of hydrogen-bond donors (Lipinski definition) is 2. The van der Waals surface area contributed by atoms with Gasteiger partial charge in [-0.2, -0.15) is 0 Å². The van der Waals surface area contributed by atoms with Crippen LogP contribution >= 0.6 is 0 Å². The van der Waals surface area contributed by atoms with Gasteiger partial charge in [0.05, 0.1) is 24.0 Å². The molecular formula is C24H27N7O2. The number of rotatable bonds is 4. The van der Waals surface area contributed by atoms with Crippen LogP contribution in [-0.2, 0) is 0 Å². The molecule has 2 N–H and O–H groups in total. The smallest absolute Gasteiger partial charge is 0.272 e. The number of carbonyl (C=O) groups is 1. The minimum atomic E-state index is -0.183. The fourth-order valence-electron chi connectivity index (χ4n) is 4.99. The van der Waals surface area contributed by atoms with Gasteiger partial charge in [0.25, 0.3) is 5.91 Å². The first-order valence-corrected chi connectivity index (χ1v) is 11.7. The topological polar surface area (TPSA) is 100 Å². The zero-order chi connectivity index (χ0) is 22.4. The Morgan fingerprint density at radius 2 is 1.85 bits per heavy atom. The maximum atomic E-state index is 13.0. The van der Waals surface area contributed by atoms with E-state index in [1.807, 2.05) is 50.6 Å². The van der Waals surface area contributed by atoms with Crippen molar-refractivity contribution in [1.82, 2.24) is 28.9 Å². The van der Waals surface area contributed by atoms with E-state index >= 15 is 0 Å².